The highest BCUT2D eigenvalue weighted by atomic mass is 16.2. The summed E-state index contributed by atoms with van der Waals surface area (Å²) in [5.41, 5.74) is 3.42. The lowest BCUT2D eigenvalue weighted by atomic mass is 10.1. The van der Waals surface area contributed by atoms with Crippen molar-refractivity contribution in [2.45, 2.75) is 27.3 Å². The van der Waals surface area contributed by atoms with Crippen LogP contribution in [0.4, 0.5) is 5.69 Å². The second kappa shape index (κ2) is 9.88. The molecule has 0 atom stereocenters. The van der Waals surface area contributed by atoms with Gasteiger partial charge in [0.1, 0.15) is 0 Å². The third-order valence-corrected chi connectivity index (χ3v) is 4.23. The molecule has 0 aliphatic heterocycles. The van der Waals surface area contributed by atoms with E-state index in [1.54, 1.807) is 18.2 Å². The zero-order valence-electron chi connectivity index (χ0n) is 16.6. The summed E-state index contributed by atoms with van der Waals surface area (Å²) in [6.07, 6.45) is 0. The number of rotatable bonds is 8. The summed E-state index contributed by atoms with van der Waals surface area (Å²) in [6.45, 7) is 7.68. The fourth-order valence-electron chi connectivity index (χ4n) is 2.75. The molecule has 2 amide bonds. The SMILES string of the molecule is Cc1ccccc1CN(C)CC(=O)Nc1ccccc1C(=O)NCC(C)C. The second-order valence-electron chi connectivity index (χ2n) is 7.30. The van der Waals surface area contributed by atoms with E-state index in [2.05, 4.69) is 29.7 Å². The first kappa shape index (κ1) is 20.6. The average molecular weight is 367 g/mol. The van der Waals surface area contributed by atoms with Crippen molar-refractivity contribution in [3.05, 3.63) is 65.2 Å². The van der Waals surface area contributed by atoms with Gasteiger partial charge in [0, 0.05) is 13.1 Å². The highest BCUT2D eigenvalue weighted by Crippen LogP contribution is 2.15. The quantitative estimate of drug-likeness (QED) is 0.751. The molecule has 5 heteroatoms. The van der Waals surface area contributed by atoms with Crippen LogP contribution in [0.1, 0.15) is 35.3 Å². The molecule has 0 fully saturated rings. The van der Waals surface area contributed by atoms with Crippen molar-refractivity contribution < 1.29 is 9.59 Å². The first-order valence-corrected chi connectivity index (χ1v) is 9.27. The Balaban J connectivity index is 1.97. The standard InChI is InChI=1S/C22H29N3O2/c1-16(2)13-23-22(27)19-11-7-8-12-20(19)24-21(26)15-25(4)14-18-10-6-5-9-17(18)3/h5-12,16H,13-15H2,1-4H3,(H,23,27)(H,24,26). The molecule has 0 spiro atoms. The van der Waals surface area contributed by atoms with Crippen molar-refractivity contribution in [2.75, 3.05) is 25.5 Å². The lowest BCUT2D eigenvalue weighted by Gasteiger charge is -2.18. The molecule has 5 nitrogen and oxygen atoms in total. The fraction of sp³-hybridized carbons (Fsp3) is 0.364. The van der Waals surface area contributed by atoms with Gasteiger partial charge in [0.2, 0.25) is 5.91 Å². The molecule has 0 aliphatic carbocycles. The van der Waals surface area contributed by atoms with Crippen molar-refractivity contribution in [3.8, 4) is 0 Å². The second-order valence-corrected chi connectivity index (χ2v) is 7.30. The first-order chi connectivity index (χ1) is 12.9. The van der Waals surface area contributed by atoms with Gasteiger partial charge in [-0.05, 0) is 43.1 Å². The molecule has 0 bridgehead atoms. The average Bonchev–Trinajstić information content (AvgIpc) is 2.62. The van der Waals surface area contributed by atoms with Gasteiger partial charge in [-0.2, -0.15) is 0 Å². The minimum Gasteiger partial charge on any atom is -0.352 e. The van der Waals surface area contributed by atoms with Crippen LogP contribution in [-0.2, 0) is 11.3 Å². The maximum Gasteiger partial charge on any atom is 0.253 e. The Labute approximate surface area is 161 Å². The number of carbonyl (C=O) groups excluding carboxylic acids is 2. The van der Waals surface area contributed by atoms with Gasteiger partial charge >= 0.3 is 0 Å². The van der Waals surface area contributed by atoms with E-state index in [-0.39, 0.29) is 18.4 Å². The van der Waals surface area contributed by atoms with Gasteiger partial charge in [0.05, 0.1) is 17.8 Å². The molecule has 0 aliphatic rings. The minimum atomic E-state index is -0.173. The Morgan fingerprint density at radius 2 is 1.70 bits per heavy atom. The summed E-state index contributed by atoms with van der Waals surface area (Å²) < 4.78 is 0. The monoisotopic (exact) mass is 367 g/mol. The molecule has 0 heterocycles. The Kier molecular flexibility index (Phi) is 7.55. The number of hydrogen-bond donors (Lipinski definition) is 2. The van der Waals surface area contributed by atoms with Crippen molar-refractivity contribution in [1.82, 2.24) is 10.2 Å². The summed E-state index contributed by atoms with van der Waals surface area (Å²) in [7, 11) is 1.91. The van der Waals surface area contributed by atoms with E-state index in [1.807, 2.05) is 44.0 Å². The molecular formula is C22H29N3O2. The molecule has 0 saturated heterocycles. The summed E-state index contributed by atoms with van der Waals surface area (Å²) in [5, 5.41) is 5.76. The summed E-state index contributed by atoms with van der Waals surface area (Å²) in [5.74, 6) is 0.0499. The maximum atomic E-state index is 12.5. The molecule has 2 aromatic rings. The predicted molar refractivity (Wildman–Crippen MR) is 110 cm³/mol. The largest absolute Gasteiger partial charge is 0.352 e. The molecule has 2 rings (SSSR count). The van der Waals surface area contributed by atoms with Crippen LogP contribution in [0, 0.1) is 12.8 Å². The number of aryl methyl sites for hydroxylation is 1. The molecule has 0 radical (unpaired) electrons. The van der Waals surface area contributed by atoms with Crippen LogP contribution in [0.2, 0.25) is 0 Å². The van der Waals surface area contributed by atoms with Crippen LogP contribution in [0.3, 0.4) is 0 Å². The Morgan fingerprint density at radius 3 is 2.41 bits per heavy atom. The molecule has 0 unspecified atom stereocenters. The first-order valence-electron chi connectivity index (χ1n) is 9.27. The van der Waals surface area contributed by atoms with Gasteiger partial charge in [0.25, 0.3) is 5.91 Å². The Morgan fingerprint density at radius 1 is 1.04 bits per heavy atom. The van der Waals surface area contributed by atoms with E-state index >= 15 is 0 Å². The number of nitrogens with one attached hydrogen (secondary N) is 2. The molecule has 0 aromatic heterocycles. The van der Waals surface area contributed by atoms with Crippen molar-refractivity contribution in [2.24, 2.45) is 5.92 Å². The summed E-state index contributed by atoms with van der Waals surface area (Å²) in [4.78, 5) is 26.8. The Hall–Kier alpha value is -2.66. The number of anilines is 1. The van der Waals surface area contributed by atoms with E-state index < -0.39 is 0 Å². The third-order valence-electron chi connectivity index (χ3n) is 4.23. The van der Waals surface area contributed by atoms with E-state index in [1.165, 1.54) is 11.1 Å². The lowest BCUT2D eigenvalue weighted by molar-refractivity contribution is -0.117. The Bertz CT molecular complexity index is 787. The van der Waals surface area contributed by atoms with Gasteiger partial charge < -0.3 is 10.6 Å². The zero-order chi connectivity index (χ0) is 19.8. The zero-order valence-corrected chi connectivity index (χ0v) is 16.6. The van der Waals surface area contributed by atoms with Crippen molar-refractivity contribution >= 4 is 17.5 Å². The molecule has 2 N–H and O–H groups in total. The maximum absolute atomic E-state index is 12.5. The molecule has 0 saturated carbocycles. The van der Waals surface area contributed by atoms with Crippen LogP contribution in [0.25, 0.3) is 0 Å². The highest BCUT2D eigenvalue weighted by molar-refractivity contribution is 6.04. The summed E-state index contributed by atoms with van der Waals surface area (Å²) in [6, 6.07) is 15.2. The fourth-order valence-corrected chi connectivity index (χ4v) is 2.75. The molecule has 144 valence electrons. The lowest BCUT2D eigenvalue weighted by Crippen LogP contribution is -2.32. The van der Waals surface area contributed by atoms with Crippen LogP contribution in [-0.4, -0.2) is 36.9 Å². The molecule has 2 aromatic carbocycles. The summed E-state index contributed by atoms with van der Waals surface area (Å²) >= 11 is 0. The smallest absolute Gasteiger partial charge is 0.253 e. The molecule has 27 heavy (non-hydrogen) atoms. The van der Waals surface area contributed by atoms with Crippen molar-refractivity contribution in [1.29, 1.82) is 0 Å². The number of hydrogen-bond acceptors (Lipinski definition) is 3. The van der Waals surface area contributed by atoms with Gasteiger partial charge in [-0.1, -0.05) is 50.2 Å². The van der Waals surface area contributed by atoms with Crippen molar-refractivity contribution in [3.63, 3.8) is 0 Å². The van der Waals surface area contributed by atoms with Gasteiger partial charge in [-0.3, -0.25) is 14.5 Å². The van der Waals surface area contributed by atoms with Gasteiger partial charge in [0.15, 0.2) is 0 Å². The van der Waals surface area contributed by atoms with Crippen LogP contribution >= 0.6 is 0 Å². The van der Waals surface area contributed by atoms with E-state index in [0.717, 1.165) is 0 Å². The van der Waals surface area contributed by atoms with Crippen LogP contribution in [0.15, 0.2) is 48.5 Å². The minimum absolute atomic E-state index is 0.143. The highest BCUT2D eigenvalue weighted by Gasteiger charge is 2.14. The topological polar surface area (TPSA) is 61.4 Å². The number of amides is 2. The molecular weight excluding hydrogens is 338 g/mol. The van der Waals surface area contributed by atoms with Crippen LogP contribution in [0.5, 0.6) is 0 Å². The number of para-hydroxylation sites is 1. The number of carbonyl (C=O) groups is 2. The number of likely N-dealkylation sites (N-methyl/N-ethyl adjacent to an activating group) is 1. The number of nitrogens with zero attached hydrogens (tertiary/aromatic N) is 1. The van der Waals surface area contributed by atoms with Gasteiger partial charge in [-0.15, -0.1) is 0 Å². The normalized spacial score (nSPS) is 10.9. The number of benzene rings is 2. The third kappa shape index (κ3) is 6.53. The predicted octanol–water partition coefficient (Wildman–Crippen LogP) is 3.45. The van der Waals surface area contributed by atoms with E-state index in [4.69, 9.17) is 0 Å². The van der Waals surface area contributed by atoms with E-state index in [0.29, 0.717) is 30.3 Å². The van der Waals surface area contributed by atoms with Crippen LogP contribution < -0.4 is 10.6 Å². The van der Waals surface area contributed by atoms with E-state index in [9.17, 15) is 9.59 Å². The van der Waals surface area contributed by atoms with Gasteiger partial charge in [-0.25, -0.2) is 0 Å².